The van der Waals surface area contributed by atoms with Gasteiger partial charge in [-0.2, -0.15) is 5.26 Å². The Morgan fingerprint density at radius 2 is 1.84 bits per heavy atom. The van der Waals surface area contributed by atoms with E-state index in [1.54, 1.807) is 13.3 Å². The molecule has 7 nitrogen and oxygen atoms in total. The number of anilines is 1. The summed E-state index contributed by atoms with van der Waals surface area (Å²) in [5.74, 6) is 2.31. The molecule has 2 heterocycles. The van der Waals surface area contributed by atoms with Gasteiger partial charge in [0.05, 0.1) is 13.3 Å². The summed E-state index contributed by atoms with van der Waals surface area (Å²) < 4.78 is 10.9. The van der Waals surface area contributed by atoms with E-state index < -0.39 is 0 Å². The van der Waals surface area contributed by atoms with Gasteiger partial charge in [0.2, 0.25) is 6.19 Å². The summed E-state index contributed by atoms with van der Waals surface area (Å²) in [6, 6.07) is 13.5. The van der Waals surface area contributed by atoms with Crippen LogP contribution in [0.5, 0.6) is 11.5 Å². The quantitative estimate of drug-likeness (QED) is 0.485. The smallest absolute Gasteiger partial charge is 0.308 e. The minimum atomic E-state index is 0.330. The highest BCUT2D eigenvalue weighted by Crippen LogP contribution is 2.18. The number of nitrogens with zero attached hydrogens (tertiary/aromatic N) is 5. The van der Waals surface area contributed by atoms with Gasteiger partial charge in [0.15, 0.2) is 0 Å². The van der Waals surface area contributed by atoms with Gasteiger partial charge in [0, 0.05) is 26.2 Å². The van der Waals surface area contributed by atoms with Gasteiger partial charge in [0.25, 0.3) is 0 Å². The average Bonchev–Trinajstić information content (AvgIpc) is 2.69. The fourth-order valence-corrected chi connectivity index (χ4v) is 2.60. The van der Waals surface area contributed by atoms with Crippen LogP contribution in [0.4, 0.5) is 5.82 Å². The predicted molar refractivity (Wildman–Crippen MR) is 94.7 cm³/mol. The molecule has 2 aromatic rings. The largest absolute Gasteiger partial charge is 0.495 e. The first-order valence-corrected chi connectivity index (χ1v) is 8.00. The van der Waals surface area contributed by atoms with Crippen LogP contribution >= 0.6 is 0 Å². The number of amidine groups is 1. The number of benzene rings is 1. The topological polar surface area (TPSA) is 74.0 Å². The summed E-state index contributed by atoms with van der Waals surface area (Å²) in [7, 11) is 1.62. The Labute approximate surface area is 146 Å². The molecule has 0 spiro atoms. The fraction of sp³-hybridized carbons (Fsp3) is 0.278. The van der Waals surface area contributed by atoms with Crippen molar-refractivity contribution < 1.29 is 9.47 Å². The molecule has 1 fully saturated rings. The molecule has 0 aliphatic carbocycles. The van der Waals surface area contributed by atoms with Gasteiger partial charge < -0.3 is 19.3 Å². The van der Waals surface area contributed by atoms with Crippen molar-refractivity contribution in [1.29, 1.82) is 5.26 Å². The van der Waals surface area contributed by atoms with Gasteiger partial charge in [-0.25, -0.2) is 4.98 Å². The Bertz CT molecular complexity index is 747. The minimum absolute atomic E-state index is 0.330. The maximum atomic E-state index is 8.95. The molecule has 128 valence electrons. The number of para-hydroxylation sites is 1. The number of ether oxygens (including phenoxy) is 2. The monoisotopic (exact) mass is 337 g/mol. The molecule has 1 aromatic heterocycles. The molecule has 0 amide bonds. The number of methoxy groups -OCH3 is 1. The first-order valence-electron chi connectivity index (χ1n) is 8.00. The van der Waals surface area contributed by atoms with Crippen molar-refractivity contribution in [3.63, 3.8) is 0 Å². The Morgan fingerprint density at radius 3 is 2.44 bits per heavy atom. The Hall–Kier alpha value is -3.27. The second-order valence-corrected chi connectivity index (χ2v) is 5.44. The minimum Gasteiger partial charge on any atom is -0.495 e. The average molecular weight is 337 g/mol. The number of aliphatic imine (C=N–C) groups is 1. The first kappa shape index (κ1) is 16.6. The molecule has 7 heteroatoms. The lowest BCUT2D eigenvalue weighted by atomic mass is 10.3. The molecular formula is C18H19N5O2. The lowest BCUT2D eigenvalue weighted by Crippen LogP contribution is -2.50. The normalized spacial score (nSPS) is 14.8. The summed E-state index contributed by atoms with van der Waals surface area (Å²) >= 11 is 0. The van der Waals surface area contributed by atoms with E-state index in [-0.39, 0.29) is 0 Å². The molecular weight excluding hydrogens is 318 g/mol. The number of hydrogen-bond donors (Lipinski definition) is 0. The van der Waals surface area contributed by atoms with Gasteiger partial charge in [-0.05, 0) is 24.3 Å². The Kier molecular flexibility index (Phi) is 5.32. The van der Waals surface area contributed by atoms with Gasteiger partial charge >= 0.3 is 6.02 Å². The molecule has 1 aliphatic rings. The lowest BCUT2D eigenvalue weighted by molar-refractivity contribution is 0.320. The van der Waals surface area contributed by atoms with Crippen LogP contribution in [0.25, 0.3) is 0 Å². The number of rotatable bonds is 3. The van der Waals surface area contributed by atoms with Crippen molar-refractivity contribution in [3.05, 3.63) is 48.7 Å². The second-order valence-electron chi connectivity index (χ2n) is 5.44. The van der Waals surface area contributed by atoms with Crippen LogP contribution in [0.3, 0.4) is 0 Å². The van der Waals surface area contributed by atoms with E-state index in [0.29, 0.717) is 24.9 Å². The van der Waals surface area contributed by atoms with E-state index in [0.717, 1.165) is 24.7 Å². The third kappa shape index (κ3) is 4.18. The molecule has 1 saturated heterocycles. The molecule has 0 saturated carbocycles. The SMILES string of the molecule is COc1ccc(N2CCN(/C(=N\C#N)Oc3ccccc3)CC2)nc1. The molecule has 25 heavy (non-hydrogen) atoms. The number of pyridine rings is 1. The van der Waals surface area contributed by atoms with Gasteiger partial charge in [-0.1, -0.05) is 18.2 Å². The van der Waals surface area contributed by atoms with Crippen LogP contribution in [-0.2, 0) is 0 Å². The molecule has 3 rings (SSSR count). The van der Waals surface area contributed by atoms with E-state index >= 15 is 0 Å². The highest BCUT2D eigenvalue weighted by molar-refractivity contribution is 5.77. The molecule has 0 bridgehead atoms. The molecule has 0 N–H and O–H groups in total. The van der Waals surface area contributed by atoms with E-state index in [4.69, 9.17) is 14.7 Å². The molecule has 0 atom stereocenters. The third-order valence-electron chi connectivity index (χ3n) is 3.93. The highest BCUT2D eigenvalue weighted by Gasteiger charge is 2.22. The van der Waals surface area contributed by atoms with E-state index in [2.05, 4.69) is 14.9 Å². The van der Waals surface area contributed by atoms with Crippen LogP contribution in [0, 0.1) is 11.5 Å². The van der Waals surface area contributed by atoms with E-state index in [1.807, 2.05) is 53.6 Å². The summed E-state index contributed by atoms with van der Waals surface area (Å²) in [4.78, 5) is 12.4. The number of aromatic nitrogens is 1. The van der Waals surface area contributed by atoms with Crippen LogP contribution in [0.15, 0.2) is 53.7 Å². The standard InChI is InChI=1S/C18H19N5O2/c1-24-16-7-8-17(20-13-16)22-9-11-23(12-10-22)18(21-14-19)25-15-5-3-2-4-6-15/h2-8,13H,9-12H2,1H3/b21-18+. The van der Waals surface area contributed by atoms with Crippen LogP contribution in [0.2, 0.25) is 0 Å². The van der Waals surface area contributed by atoms with Crippen molar-refractivity contribution in [1.82, 2.24) is 9.88 Å². The van der Waals surface area contributed by atoms with Gasteiger partial charge in [0.1, 0.15) is 17.3 Å². The third-order valence-corrected chi connectivity index (χ3v) is 3.93. The number of hydrogen-bond acceptors (Lipinski definition) is 6. The molecule has 0 unspecified atom stereocenters. The summed E-state index contributed by atoms with van der Waals surface area (Å²) in [6.45, 7) is 2.92. The Balaban J connectivity index is 1.63. The maximum Gasteiger partial charge on any atom is 0.308 e. The zero-order chi connectivity index (χ0) is 17.5. The van der Waals surface area contributed by atoms with Crippen molar-refractivity contribution in [2.24, 2.45) is 4.99 Å². The Morgan fingerprint density at radius 1 is 1.08 bits per heavy atom. The summed E-state index contributed by atoms with van der Waals surface area (Å²) in [5.41, 5.74) is 0. The second kappa shape index (κ2) is 8.02. The zero-order valence-corrected chi connectivity index (χ0v) is 14.0. The number of nitriles is 1. The van der Waals surface area contributed by atoms with Gasteiger partial charge in [-0.3, -0.25) is 0 Å². The van der Waals surface area contributed by atoms with Crippen LogP contribution < -0.4 is 14.4 Å². The first-order chi connectivity index (χ1) is 12.3. The van der Waals surface area contributed by atoms with Crippen molar-refractivity contribution in [2.45, 2.75) is 0 Å². The summed E-state index contributed by atoms with van der Waals surface area (Å²) in [5, 5.41) is 8.95. The predicted octanol–water partition coefficient (Wildman–Crippen LogP) is 2.13. The molecule has 1 aliphatic heterocycles. The van der Waals surface area contributed by atoms with Crippen molar-refractivity contribution in [3.8, 4) is 17.7 Å². The number of piperazine rings is 1. The van der Waals surface area contributed by atoms with Crippen LogP contribution in [-0.4, -0.2) is 49.2 Å². The lowest BCUT2D eigenvalue weighted by Gasteiger charge is -2.36. The van der Waals surface area contributed by atoms with E-state index in [9.17, 15) is 0 Å². The van der Waals surface area contributed by atoms with Crippen molar-refractivity contribution in [2.75, 3.05) is 38.2 Å². The zero-order valence-electron chi connectivity index (χ0n) is 14.0. The highest BCUT2D eigenvalue weighted by atomic mass is 16.5. The van der Waals surface area contributed by atoms with Gasteiger partial charge in [-0.15, -0.1) is 4.99 Å². The summed E-state index contributed by atoms with van der Waals surface area (Å²) in [6.07, 6.45) is 3.53. The maximum absolute atomic E-state index is 8.95. The van der Waals surface area contributed by atoms with E-state index in [1.165, 1.54) is 0 Å². The molecule has 1 aromatic carbocycles. The molecule has 0 radical (unpaired) electrons. The fourth-order valence-electron chi connectivity index (χ4n) is 2.60. The van der Waals surface area contributed by atoms with Crippen molar-refractivity contribution >= 4 is 11.8 Å². The van der Waals surface area contributed by atoms with Crippen LogP contribution in [0.1, 0.15) is 0 Å².